The van der Waals surface area contributed by atoms with E-state index in [-0.39, 0.29) is 0 Å². The van der Waals surface area contributed by atoms with Gasteiger partial charge in [0.05, 0.1) is 0 Å². The summed E-state index contributed by atoms with van der Waals surface area (Å²) in [5, 5.41) is 3.47. The molecule has 1 aromatic rings. The van der Waals surface area contributed by atoms with Crippen LogP contribution in [-0.4, -0.2) is 30.6 Å². The van der Waals surface area contributed by atoms with Crippen LogP contribution in [0.3, 0.4) is 0 Å². The van der Waals surface area contributed by atoms with E-state index in [0.29, 0.717) is 6.04 Å². The van der Waals surface area contributed by atoms with Gasteiger partial charge in [-0.3, -0.25) is 4.90 Å². The van der Waals surface area contributed by atoms with Gasteiger partial charge in [0.15, 0.2) is 0 Å². The first-order valence-electron chi connectivity index (χ1n) is 6.63. The van der Waals surface area contributed by atoms with Crippen molar-refractivity contribution >= 4 is 0 Å². The number of nitrogens with one attached hydrogen (secondary N) is 1. The lowest BCUT2D eigenvalue weighted by molar-refractivity contribution is 0.276. The van der Waals surface area contributed by atoms with Gasteiger partial charge in [-0.05, 0) is 19.0 Å². The fourth-order valence-electron chi connectivity index (χ4n) is 1.93. The van der Waals surface area contributed by atoms with Crippen LogP contribution >= 0.6 is 0 Å². The SMILES string of the molecule is CCN(CCNC(C)C)Cc1cccc(C)c1. The smallest absolute Gasteiger partial charge is 0.0234 e. The Kier molecular flexibility index (Phi) is 6.23. The Morgan fingerprint density at radius 3 is 2.65 bits per heavy atom. The number of likely N-dealkylation sites (N-methyl/N-ethyl adjacent to an activating group) is 1. The minimum absolute atomic E-state index is 0.577. The highest BCUT2D eigenvalue weighted by Gasteiger charge is 2.03. The van der Waals surface area contributed by atoms with Gasteiger partial charge >= 0.3 is 0 Å². The Labute approximate surface area is 106 Å². The van der Waals surface area contributed by atoms with Crippen molar-refractivity contribution < 1.29 is 0 Å². The first-order chi connectivity index (χ1) is 8.11. The van der Waals surface area contributed by atoms with Gasteiger partial charge in [0, 0.05) is 25.7 Å². The maximum atomic E-state index is 3.47. The topological polar surface area (TPSA) is 15.3 Å². The summed E-state index contributed by atoms with van der Waals surface area (Å²) in [6.45, 7) is 13.1. The summed E-state index contributed by atoms with van der Waals surface area (Å²) in [5.74, 6) is 0. The molecular weight excluding hydrogens is 208 g/mol. The first-order valence-corrected chi connectivity index (χ1v) is 6.63. The molecule has 0 radical (unpaired) electrons. The van der Waals surface area contributed by atoms with Crippen LogP contribution in [0.25, 0.3) is 0 Å². The van der Waals surface area contributed by atoms with E-state index in [1.54, 1.807) is 0 Å². The van der Waals surface area contributed by atoms with E-state index < -0.39 is 0 Å². The summed E-state index contributed by atoms with van der Waals surface area (Å²) >= 11 is 0. The molecule has 0 unspecified atom stereocenters. The molecule has 0 saturated carbocycles. The average Bonchev–Trinajstić information content (AvgIpc) is 2.27. The Morgan fingerprint density at radius 1 is 1.29 bits per heavy atom. The standard InChI is InChI=1S/C15H26N2/c1-5-17(10-9-16-13(2)3)12-15-8-6-7-14(4)11-15/h6-8,11,13,16H,5,9-10,12H2,1-4H3. The van der Waals surface area contributed by atoms with E-state index in [0.717, 1.165) is 26.2 Å². The van der Waals surface area contributed by atoms with Crippen molar-refractivity contribution in [3.8, 4) is 0 Å². The van der Waals surface area contributed by atoms with Crippen molar-refractivity contribution in [1.29, 1.82) is 0 Å². The van der Waals surface area contributed by atoms with Crippen LogP contribution in [0.1, 0.15) is 31.9 Å². The quantitative estimate of drug-likeness (QED) is 0.780. The van der Waals surface area contributed by atoms with Crippen LogP contribution in [0, 0.1) is 6.92 Å². The average molecular weight is 234 g/mol. The second-order valence-corrected chi connectivity index (χ2v) is 4.97. The Bertz CT molecular complexity index is 320. The van der Waals surface area contributed by atoms with Crippen molar-refractivity contribution in [2.45, 2.75) is 40.3 Å². The van der Waals surface area contributed by atoms with Gasteiger partial charge in [-0.2, -0.15) is 0 Å². The van der Waals surface area contributed by atoms with Gasteiger partial charge in [-0.15, -0.1) is 0 Å². The fourth-order valence-corrected chi connectivity index (χ4v) is 1.93. The highest BCUT2D eigenvalue weighted by molar-refractivity contribution is 5.22. The molecule has 0 amide bonds. The van der Waals surface area contributed by atoms with Gasteiger partial charge in [0.25, 0.3) is 0 Å². The largest absolute Gasteiger partial charge is 0.313 e. The summed E-state index contributed by atoms with van der Waals surface area (Å²) in [6.07, 6.45) is 0. The van der Waals surface area contributed by atoms with E-state index in [1.165, 1.54) is 11.1 Å². The molecule has 0 bridgehead atoms. The summed E-state index contributed by atoms with van der Waals surface area (Å²) < 4.78 is 0. The molecule has 1 rings (SSSR count). The van der Waals surface area contributed by atoms with Gasteiger partial charge in [-0.1, -0.05) is 50.6 Å². The third kappa shape index (κ3) is 5.85. The van der Waals surface area contributed by atoms with Crippen LogP contribution in [0.4, 0.5) is 0 Å². The van der Waals surface area contributed by atoms with E-state index in [1.807, 2.05) is 0 Å². The van der Waals surface area contributed by atoms with Crippen LogP contribution in [0.15, 0.2) is 24.3 Å². The number of hydrogen-bond acceptors (Lipinski definition) is 2. The zero-order chi connectivity index (χ0) is 12.7. The zero-order valence-electron chi connectivity index (χ0n) is 11.7. The number of benzene rings is 1. The molecule has 2 nitrogen and oxygen atoms in total. The molecule has 0 aliphatic heterocycles. The predicted octanol–water partition coefficient (Wildman–Crippen LogP) is 2.81. The van der Waals surface area contributed by atoms with Crippen molar-refractivity contribution in [2.75, 3.05) is 19.6 Å². The molecule has 0 aliphatic carbocycles. The highest BCUT2D eigenvalue weighted by Crippen LogP contribution is 2.07. The Hall–Kier alpha value is -0.860. The van der Waals surface area contributed by atoms with Crippen molar-refractivity contribution in [3.05, 3.63) is 35.4 Å². The van der Waals surface area contributed by atoms with E-state index in [4.69, 9.17) is 0 Å². The van der Waals surface area contributed by atoms with E-state index >= 15 is 0 Å². The maximum absolute atomic E-state index is 3.47. The Morgan fingerprint density at radius 2 is 2.06 bits per heavy atom. The molecule has 0 spiro atoms. The van der Waals surface area contributed by atoms with Gasteiger partial charge in [0.1, 0.15) is 0 Å². The summed E-state index contributed by atoms with van der Waals surface area (Å²) in [6, 6.07) is 9.36. The van der Waals surface area contributed by atoms with E-state index in [9.17, 15) is 0 Å². The monoisotopic (exact) mass is 234 g/mol. The molecule has 1 aromatic carbocycles. The summed E-state index contributed by atoms with van der Waals surface area (Å²) in [4.78, 5) is 2.48. The highest BCUT2D eigenvalue weighted by atomic mass is 15.1. The zero-order valence-corrected chi connectivity index (χ0v) is 11.7. The fraction of sp³-hybridized carbons (Fsp3) is 0.600. The lowest BCUT2D eigenvalue weighted by atomic mass is 10.1. The molecule has 0 aromatic heterocycles. The normalized spacial score (nSPS) is 11.4. The summed E-state index contributed by atoms with van der Waals surface area (Å²) in [7, 11) is 0. The van der Waals surface area contributed by atoms with Crippen LogP contribution in [0.2, 0.25) is 0 Å². The minimum atomic E-state index is 0.577. The van der Waals surface area contributed by atoms with Gasteiger partial charge in [0.2, 0.25) is 0 Å². The van der Waals surface area contributed by atoms with Crippen molar-refractivity contribution in [3.63, 3.8) is 0 Å². The number of nitrogens with zero attached hydrogens (tertiary/aromatic N) is 1. The molecule has 2 heteroatoms. The summed E-state index contributed by atoms with van der Waals surface area (Å²) in [5.41, 5.74) is 2.76. The lowest BCUT2D eigenvalue weighted by Gasteiger charge is -2.21. The maximum Gasteiger partial charge on any atom is 0.0234 e. The third-order valence-corrected chi connectivity index (χ3v) is 2.92. The third-order valence-electron chi connectivity index (χ3n) is 2.92. The van der Waals surface area contributed by atoms with Crippen molar-refractivity contribution in [1.82, 2.24) is 10.2 Å². The molecule has 1 N–H and O–H groups in total. The molecule has 0 atom stereocenters. The number of hydrogen-bond donors (Lipinski definition) is 1. The van der Waals surface area contributed by atoms with Gasteiger partial charge < -0.3 is 5.32 Å². The Balaban J connectivity index is 2.41. The molecule has 96 valence electrons. The second-order valence-electron chi connectivity index (χ2n) is 4.97. The second kappa shape index (κ2) is 7.46. The molecule has 0 fully saturated rings. The molecule has 17 heavy (non-hydrogen) atoms. The van der Waals surface area contributed by atoms with Crippen LogP contribution < -0.4 is 5.32 Å². The predicted molar refractivity (Wildman–Crippen MR) is 75.3 cm³/mol. The molecular formula is C15H26N2. The van der Waals surface area contributed by atoms with Crippen LogP contribution in [0.5, 0.6) is 0 Å². The molecule has 0 heterocycles. The van der Waals surface area contributed by atoms with E-state index in [2.05, 4.69) is 62.2 Å². The first kappa shape index (κ1) is 14.2. The van der Waals surface area contributed by atoms with Gasteiger partial charge in [-0.25, -0.2) is 0 Å². The number of rotatable bonds is 7. The lowest BCUT2D eigenvalue weighted by Crippen LogP contribution is -2.34. The molecule has 0 aliphatic rings. The van der Waals surface area contributed by atoms with Crippen LogP contribution in [-0.2, 0) is 6.54 Å². The molecule has 0 saturated heterocycles. The minimum Gasteiger partial charge on any atom is -0.313 e. The number of aryl methyl sites for hydroxylation is 1. The van der Waals surface area contributed by atoms with Crippen molar-refractivity contribution in [2.24, 2.45) is 0 Å².